The Balaban J connectivity index is 1.40. The van der Waals surface area contributed by atoms with Crippen LogP contribution in [0.5, 0.6) is 0 Å². The molecule has 4 rings (SSSR count). The molecule has 1 aliphatic heterocycles. The predicted molar refractivity (Wildman–Crippen MR) is 107 cm³/mol. The molecule has 0 radical (unpaired) electrons. The average molecular weight is 437 g/mol. The van der Waals surface area contributed by atoms with E-state index in [1.807, 2.05) is 12.1 Å². The second-order valence-corrected chi connectivity index (χ2v) is 9.62. The molecule has 10 heteroatoms. The fourth-order valence-corrected chi connectivity index (χ4v) is 5.12. The minimum atomic E-state index is -3.44. The lowest BCUT2D eigenvalue weighted by Gasteiger charge is -2.15. The van der Waals surface area contributed by atoms with E-state index < -0.39 is 10.0 Å². The average Bonchev–Trinajstić information content (AvgIpc) is 3.40. The van der Waals surface area contributed by atoms with Gasteiger partial charge >= 0.3 is 0 Å². The molecule has 0 atom stereocenters. The molecule has 2 aromatic heterocycles. The van der Waals surface area contributed by atoms with Crippen LogP contribution in [0.2, 0.25) is 5.02 Å². The number of nitrogens with zero attached hydrogens (tertiary/aromatic N) is 4. The maximum Gasteiger partial charge on any atom is 0.257 e. The van der Waals surface area contributed by atoms with Gasteiger partial charge in [-0.3, -0.25) is 0 Å². The van der Waals surface area contributed by atoms with Gasteiger partial charge in [0.1, 0.15) is 4.90 Å². The Bertz CT molecular complexity index is 1050. The normalized spacial score (nSPS) is 15.2. The van der Waals surface area contributed by atoms with E-state index >= 15 is 0 Å². The molecule has 0 bridgehead atoms. The quantitative estimate of drug-likeness (QED) is 0.542. The van der Waals surface area contributed by atoms with Crippen LogP contribution in [0, 0.1) is 0 Å². The molecule has 0 saturated carbocycles. The van der Waals surface area contributed by atoms with Crippen LogP contribution in [0.15, 0.2) is 57.0 Å². The van der Waals surface area contributed by atoms with Gasteiger partial charge in [0, 0.05) is 29.9 Å². The number of hydrogen-bond acceptors (Lipinski definition) is 7. The summed E-state index contributed by atoms with van der Waals surface area (Å²) in [4.78, 5) is 8.85. The summed E-state index contributed by atoms with van der Waals surface area (Å²) in [6.07, 6.45) is 3.22. The highest BCUT2D eigenvalue weighted by Gasteiger charge is 2.27. The second-order valence-electron chi connectivity index (χ2n) is 6.25. The number of aromatic nitrogens is 3. The summed E-state index contributed by atoms with van der Waals surface area (Å²) < 4.78 is 31.8. The van der Waals surface area contributed by atoms with E-state index in [2.05, 4.69) is 15.1 Å². The van der Waals surface area contributed by atoms with Crippen molar-refractivity contribution < 1.29 is 12.9 Å². The molecule has 1 aliphatic rings. The van der Waals surface area contributed by atoms with Crippen LogP contribution >= 0.6 is 23.4 Å². The zero-order valence-corrected chi connectivity index (χ0v) is 17.2. The summed E-state index contributed by atoms with van der Waals surface area (Å²) in [5, 5.41) is 5.30. The monoisotopic (exact) mass is 436 g/mol. The van der Waals surface area contributed by atoms with Crippen LogP contribution in [0.3, 0.4) is 0 Å². The molecule has 1 aromatic carbocycles. The summed E-state index contributed by atoms with van der Waals surface area (Å²) in [7, 11) is -3.44. The van der Waals surface area contributed by atoms with Gasteiger partial charge in [0.25, 0.3) is 5.89 Å². The summed E-state index contributed by atoms with van der Waals surface area (Å²) in [5.74, 6) is 1.42. The summed E-state index contributed by atoms with van der Waals surface area (Å²) in [6.45, 7) is 1.15. The number of rotatable bonds is 6. The lowest BCUT2D eigenvalue weighted by Crippen LogP contribution is -2.27. The summed E-state index contributed by atoms with van der Waals surface area (Å²) in [6, 6.07) is 10.4. The SMILES string of the molecule is O=S(=O)(c1ccc(SCc2noc(-c3ccc(Cl)cc3)n2)nc1)N1CCCC1. The fraction of sp³-hybridized carbons (Fsp3) is 0.278. The minimum absolute atomic E-state index is 0.225. The smallest absolute Gasteiger partial charge is 0.257 e. The Morgan fingerprint density at radius 1 is 1.11 bits per heavy atom. The van der Waals surface area contributed by atoms with Crippen molar-refractivity contribution in [3.05, 3.63) is 53.4 Å². The molecule has 1 saturated heterocycles. The van der Waals surface area contributed by atoms with Crippen molar-refractivity contribution >= 4 is 33.4 Å². The number of benzene rings is 1. The maximum atomic E-state index is 12.5. The number of pyridine rings is 1. The fourth-order valence-electron chi connectivity index (χ4n) is 2.84. The molecule has 3 heterocycles. The van der Waals surface area contributed by atoms with Crippen LogP contribution in [-0.2, 0) is 15.8 Å². The third-order valence-corrected chi connectivity index (χ3v) is 7.39. The zero-order valence-electron chi connectivity index (χ0n) is 14.8. The van der Waals surface area contributed by atoms with E-state index in [1.54, 1.807) is 24.3 Å². The van der Waals surface area contributed by atoms with Crippen molar-refractivity contribution in [2.75, 3.05) is 13.1 Å². The van der Waals surface area contributed by atoms with E-state index in [0.29, 0.717) is 40.6 Å². The van der Waals surface area contributed by atoms with Crippen molar-refractivity contribution in [1.82, 2.24) is 19.4 Å². The lowest BCUT2D eigenvalue weighted by atomic mass is 10.2. The molecule has 146 valence electrons. The van der Waals surface area contributed by atoms with E-state index in [1.165, 1.54) is 22.3 Å². The van der Waals surface area contributed by atoms with Gasteiger partial charge in [-0.1, -0.05) is 28.5 Å². The number of thioether (sulfide) groups is 1. The molecule has 28 heavy (non-hydrogen) atoms. The minimum Gasteiger partial charge on any atom is -0.334 e. The van der Waals surface area contributed by atoms with Gasteiger partial charge < -0.3 is 4.52 Å². The predicted octanol–water partition coefficient (Wildman–Crippen LogP) is 3.86. The summed E-state index contributed by atoms with van der Waals surface area (Å²) >= 11 is 7.29. The van der Waals surface area contributed by atoms with Gasteiger partial charge in [-0.2, -0.15) is 9.29 Å². The molecule has 0 unspecified atom stereocenters. The second kappa shape index (κ2) is 8.20. The maximum absolute atomic E-state index is 12.5. The van der Waals surface area contributed by atoms with Crippen molar-refractivity contribution in [2.24, 2.45) is 0 Å². The highest BCUT2D eigenvalue weighted by atomic mass is 35.5. The van der Waals surface area contributed by atoms with Crippen molar-refractivity contribution in [1.29, 1.82) is 0 Å². The molecule has 0 N–H and O–H groups in total. The van der Waals surface area contributed by atoms with Crippen LogP contribution in [0.1, 0.15) is 18.7 Å². The lowest BCUT2D eigenvalue weighted by molar-refractivity contribution is 0.425. The Kier molecular flexibility index (Phi) is 5.68. The first-order chi connectivity index (χ1) is 13.5. The molecule has 1 fully saturated rings. The van der Waals surface area contributed by atoms with Gasteiger partial charge in [0.2, 0.25) is 10.0 Å². The standard InChI is InChI=1S/C18H17ClN4O3S2/c19-14-5-3-13(4-6-14)18-21-16(22-26-18)12-27-17-8-7-15(11-20-17)28(24,25)23-9-1-2-10-23/h3-8,11H,1-2,9-10,12H2. The third kappa shape index (κ3) is 4.22. The van der Waals surface area contributed by atoms with E-state index in [4.69, 9.17) is 16.1 Å². The third-order valence-electron chi connectivity index (χ3n) is 4.32. The molecule has 7 nitrogen and oxygen atoms in total. The van der Waals surface area contributed by atoms with Gasteiger partial charge in [-0.25, -0.2) is 13.4 Å². The Labute approximate surface area is 172 Å². The number of sulfonamides is 1. The first-order valence-corrected chi connectivity index (χ1v) is 11.5. The van der Waals surface area contributed by atoms with Crippen LogP contribution in [0.4, 0.5) is 0 Å². The zero-order chi connectivity index (χ0) is 19.6. The van der Waals surface area contributed by atoms with Gasteiger partial charge in [0.15, 0.2) is 5.82 Å². The van der Waals surface area contributed by atoms with Crippen molar-refractivity contribution in [3.8, 4) is 11.5 Å². The molecule has 0 aliphatic carbocycles. The van der Waals surface area contributed by atoms with Crippen molar-refractivity contribution in [2.45, 2.75) is 28.5 Å². The highest BCUT2D eigenvalue weighted by molar-refractivity contribution is 7.98. The first kappa shape index (κ1) is 19.4. The largest absolute Gasteiger partial charge is 0.334 e. The topological polar surface area (TPSA) is 89.2 Å². The Morgan fingerprint density at radius 3 is 2.54 bits per heavy atom. The van der Waals surface area contributed by atoms with Crippen molar-refractivity contribution in [3.63, 3.8) is 0 Å². The van der Waals surface area contributed by atoms with Gasteiger partial charge in [0.05, 0.1) is 10.8 Å². The van der Waals surface area contributed by atoms with E-state index in [0.717, 1.165) is 18.4 Å². The van der Waals surface area contributed by atoms with Gasteiger partial charge in [-0.15, -0.1) is 0 Å². The highest BCUT2D eigenvalue weighted by Crippen LogP contribution is 2.25. The number of halogens is 1. The Morgan fingerprint density at radius 2 is 1.86 bits per heavy atom. The van der Waals surface area contributed by atoms with Crippen LogP contribution in [0.25, 0.3) is 11.5 Å². The molecular formula is C18H17ClN4O3S2. The van der Waals surface area contributed by atoms with Gasteiger partial charge in [-0.05, 0) is 49.2 Å². The van der Waals surface area contributed by atoms with Crippen LogP contribution < -0.4 is 0 Å². The number of hydrogen-bond donors (Lipinski definition) is 0. The Hall–Kier alpha value is -1.94. The van der Waals surface area contributed by atoms with E-state index in [-0.39, 0.29) is 4.90 Å². The first-order valence-electron chi connectivity index (χ1n) is 8.70. The van der Waals surface area contributed by atoms with E-state index in [9.17, 15) is 8.42 Å². The summed E-state index contributed by atoms with van der Waals surface area (Å²) in [5.41, 5.74) is 0.794. The molecule has 3 aromatic rings. The van der Waals surface area contributed by atoms with Crippen LogP contribution in [-0.4, -0.2) is 40.9 Å². The molecule has 0 amide bonds. The molecule has 0 spiro atoms. The molecular weight excluding hydrogens is 420 g/mol.